The Morgan fingerprint density at radius 1 is 1.07 bits per heavy atom. The Labute approximate surface area is 94.1 Å². The number of hydrogen-bond acceptors (Lipinski definition) is 1. The SMILES string of the molecule is CN(C)C(Cc1ccccc1)C(C)(C)C. The van der Waals surface area contributed by atoms with Crippen LogP contribution in [0.1, 0.15) is 26.3 Å². The third kappa shape index (κ3) is 3.67. The van der Waals surface area contributed by atoms with Crippen LogP contribution >= 0.6 is 0 Å². The third-order valence-corrected chi connectivity index (χ3v) is 2.89. The van der Waals surface area contributed by atoms with E-state index in [4.69, 9.17) is 0 Å². The van der Waals surface area contributed by atoms with Crippen molar-refractivity contribution in [2.24, 2.45) is 5.41 Å². The summed E-state index contributed by atoms with van der Waals surface area (Å²) in [6.07, 6.45) is 1.12. The molecule has 1 aromatic rings. The first-order valence-corrected chi connectivity index (χ1v) is 5.61. The highest BCUT2D eigenvalue weighted by Crippen LogP contribution is 2.25. The molecule has 0 spiro atoms. The summed E-state index contributed by atoms with van der Waals surface area (Å²) in [5, 5.41) is 0. The molecule has 1 heteroatoms. The highest BCUT2D eigenvalue weighted by molar-refractivity contribution is 5.16. The zero-order chi connectivity index (χ0) is 11.5. The second-order valence-corrected chi connectivity index (χ2v) is 5.54. The molecule has 15 heavy (non-hydrogen) atoms. The molecule has 0 bridgehead atoms. The van der Waals surface area contributed by atoms with Gasteiger partial charge in [0.25, 0.3) is 0 Å². The number of benzene rings is 1. The van der Waals surface area contributed by atoms with Crippen molar-refractivity contribution in [1.82, 2.24) is 4.90 Å². The van der Waals surface area contributed by atoms with Crippen molar-refractivity contribution in [1.29, 1.82) is 0 Å². The normalized spacial score (nSPS) is 14.3. The molecule has 84 valence electrons. The number of rotatable bonds is 3. The van der Waals surface area contributed by atoms with Crippen LogP contribution in [0.5, 0.6) is 0 Å². The Balaban J connectivity index is 2.77. The number of hydrogen-bond donors (Lipinski definition) is 0. The summed E-state index contributed by atoms with van der Waals surface area (Å²) in [5.74, 6) is 0. The first-order valence-electron chi connectivity index (χ1n) is 5.61. The van der Waals surface area contributed by atoms with Gasteiger partial charge in [0.2, 0.25) is 0 Å². The molecule has 0 aromatic heterocycles. The second kappa shape index (κ2) is 4.80. The van der Waals surface area contributed by atoms with E-state index in [1.165, 1.54) is 5.56 Å². The largest absolute Gasteiger partial charge is 0.306 e. The van der Waals surface area contributed by atoms with Gasteiger partial charge in [0.1, 0.15) is 0 Å². The molecular formula is C14H23N. The predicted molar refractivity (Wildman–Crippen MR) is 67.1 cm³/mol. The minimum Gasteiger partial charge on any atom is -0.306 e. The molecule has 0 amide bonds. The van der Waals surface area contributed by atoms with Gasteiger partial charge in [0.05, 0.1) is 0 Å². The van der Waals surface area contributed by atoms with E-state index < -0.39 is 0 Å². The summed E-state index contributed by atoms with van der Waals surface area (Å²) in [6, 6.07) is 11.3. The van der Waals surface area contributed by atoms with Gasteiger partial charge in [-0.15, -0.1) is 0 Å². The maximum atomic E-state index is 2.33. The van der Waals surface area contributed by atoms with Crippen LogP contribution in [-0.4, -0.2) is 25.0 Å². The molecule has 0 aliphatic carbocycles. The van der Waals surface area contributed by atoms with Crippen LogP contribution < -0.4 is 0 Å². The van der Waals surface area contributed by atoms with Gasteiger partial charge < -0.3 is 4.90 Å². The van der Waals surface area contributed by atoms with Crippen LogP contribution in [0.3, 0.4) is 0 Å². The van der Waals surface area contributed by atoms with Gasteiger partial charge in [-0.25, -0.2) is 0 Å². The van der Waals surface area contributed by atoms with Crippen LogP contribution in [0, 0.1) is 5.41 Å². The number of likely N-dealkylation sites (N-methyl/N-ethyl adjacent to an activating group) is 1. The molecule has 1 nitrogen and oxygen atoms in total. The van der Waals surface area contributed by atoms with Gasteiger partial charge >= 0.3 is 0 Å². The first-order chi connectivity index (χ1) is 6.91. The van der Waals surface area contributed by atoms with Crippen LogP contribution in [0.4, 0.5) is 0 Å². The van der Waals surface area contributed by atoms with Crippen molar-refractivity contribution in [2.45, 2.75) is 33.2 Å². The van der Waals surface area contributed by atoms with Crippen molar-refractivity contribution in [3.63, 3.8) is 0 Å². The van der Waals surface area contributed by atoms with Gasteiger partial charge in [0, 0.05) is 6.04 Å². The Kier molecular flexibility index (Phi) is 3.92. The molecule has 1 unspecified atom stereocenters. The lowest BCUT2D eigenvalue weighted by Gasteiger charge is -2.36. The van der Waals surface area contributed by atoms with Crippen LogP contribution in [0.2, 0.25) is 0 Å². The molecule has 0 aliphatic heterocycles. The zero-order valence-electron chi connectivity index (χ0n) is 10.6. The molecule has 0 saturated heterocycles. The van der Waals surface area contributed by atoms with E-state index in [1.54, 1.807) is 0 Å². The minimum atomic E-state index is 0.319. The van der Waals surface area contributed by atoms with Gasteiger partial charge in [-0.3, -0.25) is 0 Å². The van der Waals surface area contributed by atoms with E-state index in [-0.39, 0.29) is 0 Å². The minimum absolute atomic E-state index is 0.319. The van der Waals surface area contributed by atoms with E-state index in [0.717, 1.165) is 6.42 Å². The van der Waals surface area contributed by atoms with Gasteiger partial charge in [0.15, 0.2) is 0 Å². The van der Waals surface area contributed by atoms with E-state index in [1.807, 2.05) is 0 Å². The monoisotopic (exact) mass is 205 g/mol. The van der Waals surface area contributed by atoms with Crippen molar-refractivity contribution in [3.05, 3.63) is 35.9 Å². The van der Waals surface area contributed by atoms with Gasteiger partial charge in [-0.1, -0.05) is 51.1 Å². The summed E-state index contributed by atoms with van der Waals surface area (Å²) in [6.45, 7) is 6.92. The molecule has 1 aromatic carbocycles. The lowest BCUT2D eigenvalue weighted by atomic mass is 9.82. The van der Waals surface area contributed by atoms with E-state index >= 15 is 0 Å². The molecule has 0 aliphatic rings. The molecule has 0 heterocycles. The fraction of sp³-hybridized carbons (Fsp3) is 0.571. The average molecular weight is 205 g/mol. The van der Waals surface area contributed by atoms with Crippen LogP contribution in [-0.2, 0) is 6.42 Å². The second-order valence-electron chi connectivity index (χ2n) is 5.54. The van der Waals surface area contributed by atoms with Gasteiger partial charge in [-0.05, 0) is 31.5 Å². The van der Waals surface area contributed by atoms with Crippen LogP contribution in [0.25, 0.3) is 0 Å². The lowest BCUT2D eigenvalue weighted by Crippen LogP contribution is -2.41. The molecule has 0 N–H and O–H groups in total. The molecular weight excluding hydrogens is 182 g/mol. The Bertz CT molecular complexity index is 282. The molecule has 1 rings (SSSR count). The highest BCUT2D eigenvalue weighted by Gasteiger charge is 2.26. The summed E-state index contributed by atoms with van der Waals surface area (Å²) in [4.78, 5) is 2.33. The Hall–Kier alpha value is -0.820. The molecule has 0 radical (unpaired) electrons. The predicted octanol–water partition coefficient (Wildman–Crippen LogP) is 3.21. The summed E-state index contributed by atoms with van der Waals surface area (Å²) < 4.78 is 0. The zero-order valence-corrected chi connectivity index (χ0v) is 10.6. The van der Waals surface area contributed by atoms with Crippen molar-refractivity contribution in [3.8, 4) is 0 Å². The van der Waals surface area contributed by atoms with E-state index in [0.29, 0.717) is 11.5 Å². The standard InChI is InChI=1S/C14H23N/c1-14(2,3)13(15(4)5)11-12-9-7-6-8-10-12/h6-10,13H,11H2,1-5H3. The van der Waals surface area contributed by atoms with Crippen LogP contribution in [0.15, 0.2) is 30.3 Å². The van der Waals surface area contributed by atoms with Gasteiger partial charge in [-0.2, -0.15) is 0 Å². The van der Waals surface area contributed by atoms with E-state index in [9.17, 15) is 0 Å². The smallest absolute Gasteiger partial charge is 0.0178 e. The average Bonchev–Trinajstić information content (AvgIpc) is 2.13. The maximum Gasteiger partial charge on any atom is 0.0178 e. The summed E-state index contributed by atoms with van der Waals surface area (Å²) in [5.41, 5.74) is 1.74. The van der Waals surface area contributed by atoms with Crippen molar-refractivity contribution >= 4 is 0 Å². The third-order valence-electron chi connectivity index (χ3n) is 2.89. The quantitative estimate of drug-likeness (QED) is 0.732. The Morgan fingerprint density at radius 2 is 1.60 bits per heavy atom. The van der Waals surface area contributed by atoms with E-state index in [2.05, 4.69) is 70.1 Å². The van der Waals surface area contributed by atoms with Crippen molar-refractivity contribution < 1.29 is 0 Å². The highest BCUT2D eigenvalue weighted by atomic mass is 15.1. The summed E-state index contributed by atoms with van der Waals surface area (Å²) in [7, 11) is 4.33. The fourth-order valence-electron chi connectivity index (χ4n) is 2.10. The Morgan fingerprint density at radius 3 is 2.00 bits per heavy atom. The number of nitrogens with zero attached hydrogens (tertiary/aromatic N) is 1. The molecule has 1 atom stereocenters. The lowest BCUT2D eigenvalue weighted by molar-refractivity contribution is 0.152. The summed E-state index contributed by atoms with van der Waals surface area (Å²) >= 11 is 0. The topological polar surface area (TPSA) is 3.24 Å². The molecule has 0 saturated carbocycles. The molecule has 0 fully saturated rings. The fourth-order valence-corrected chi connectivity index (χ4v) is 2.10. The maximum absolute atomic E-state index is 2.33. The van der Waals surface area contributed by atoms with Crippen molar-refractivity contribution in [2.75, 3.05) is 14.1 Å². The first kappa shape index (κ1) is 12.3.